The third-order valence-corrected chi connectivity index (χ3v) is 8.06. The second-order valence-electron chi connectivity index (χ2n) is 8.51. The number of hydrogen-bond acceptors (Lipinski definition) is 3. The second kappa shape index (κ2) is 9.05. The Labute approximate surface area is 200 Å². The fourth-order valence-electron chi connectivity index (χ4n) is 4.63. The van der Waals surface area contributed by atoms with Crippen molar-refractivity contribution in [1.82, 2.24) is 4.31 Å². The first-order valence-corrected chi connectivity index (χ1v) is 12.9. The number of carbonyl (C=O) groups excluding carboxylic acids is 1. The maximum absolute atomic E-state index is 14.1. The molecule has 1 heterocycles. The van der Waals surface area contributed by atoms with Gasteiger partial charge in [0.05, 0.1) is 10.6 Å². The average molecular weight is 471 g/mol. The van der Waals surface area contributed by atoms with Crippen molar-refractivity contribution in [1.29, 1.82) is 0 Å². The van der Waals surface area contributed by atoms with Crippen molar-refractivity contribution in [2.24, 2.45) is 0 Å². The highest BCUT2D eigenvalue weighted by Crippen LogP contribution is 2.41. The summed E-state index contributed by atoms with van der Waals surface area (Å²) in [5, 5.41) is 1.31. The molecule has 0 atom stereocenters. The average Bonchev–Trinajstić information content (AvgIpc) is 3.13. The Bertz CT molecular complexity index is 1410. The molecule has 0 bridgehead atoms. The van der Waals surface area contributed by atoms with Gasteiger partial charge < -0.3 is 4.90 Å². The van der Waals surface area contributed by atoms with E-state index in [1.165, 1.54) is 4.31 Å². The predicted molar refractivity (Wildman–Crippen MR) is 135 cm³/mol. The van der Waals surface area contributed by atoms with E-state index in [9.17, 15) is 13.2 Å². The number of benzene rings is 4. The summed E-state index contributed by atoms with van der Waals surface area (Å²) in [7, 11) is -3.87. The Kier molecular flexibility index (Phi) is 5.94. The number of anilines is 1. The standard InChI is InChI=1S/C28H26N2O3S/c1-2-18-30-25-16-17-26(23-14-9-15-24(27(23)25)28(30)31)34(32,33)29(19-21-10-5-3-6-11-21)20-22-12-7-4-8-13-22/h3-17H,2,18-20H2,1H3. The molecule has 6 heteroatoms. The van der Waals surface area contributed by atoms with Crippen LogP contribution in [0, 0.1) is 0 Å². The summed E-state index contributed by atoms with van der Waals surface area (Å²) >= 11 is 0. The molecule has 0 aliphatic carbocycles. The van der Waals surface area contributed by atoms with E-state index in [2.05, 4.69) is 0 Å². The lowest BCUT2D eigenvalue weighted by atomic mass is 10.1. The Morgan fingerprint density at radius 3 is 1.97 bits per heavy atom. The Balaban J connectivity index is 1.63. The molecule has 0 fully saturated rings. The predicted octanol–water partition coefficient (Wildman–Crippen LogP) is 5.60. The van der Waals surface area contributed by atoms with E-state index in [4.69, 9.17) is 0 Å². The first-order valence-electron chi connectivity index (χ1n) is 11.5. The van der Waals surface area contributed by atoms with Gasteiger partial charge in [-0.3, -0.25) is 4.79 Å². The van der Waals surface area contributed by atoms with Crippen LogP contribution in [0.15, 0.2) is 95.9 Å². The van der Waals surface area contributed by atoms with Gasteiger partial charge in [0.2, 0.25) is 10.0 Å². The number of carbonyl (C=O) groups is 1. The van der Waals surface area contributed by atoms with Crippen molar-refractivity contribution in [3.8, 4) is 0 Å². The summed E-state index contributed by atoms with van der Waals surface area (Å²) in [4.78, 5) is 15.0. The highest BCUT2D eigenvalue weighted by Gasteiger charge is 2.33. The van der Waals surface area contributed by atoms with Crippen molar-refractivity contribution < 1.29 is 13.2 Å². The van der Waals surface area contributed by atoms with Crippen LogP contribution < -0.4 is 4.90 Å². The minimum atomic E-state index is -3.87. The summed E-state index contributed by atoms with van der Waals surface area (Å²) in [6, 6.07) is 28.0. The molecule has 1 aliphatic heterocycles. The van der Waals surface area contributed by atoms with E-state index < -0.39 is 10.0 Å². The molecule has 0 aromatic heterocycles. The van der Waals surface area contributed by atoms with Crippen LogP contribution >= 0.6 is 0 Å². The first-order chi connectivity index (χ1) is 16.5. The third-order valence-electron chi connectivity index (χ3n) is 6.21. The molecule has 0 spiro atoms. The number of amides is 1. The van der Waals surface area contributed by atoms with Crippen LogP contribution in [0.3, 0.4) is 0 Å². The molecule has 0 saturated carbocycles. The maximum Gasteiger partial charge on any atom is 0.258 e. The molecule has 1 amide bonds. The topological polar surface area (TPSA) is 57.7 Å². The smallest absolute Gasteiger partial charge is 0.258 e. The van der Waals surface area contributed by atoms with Crippen LogP contribution in [-0.4, -0.2) is 25.2 Å². The lowest BCUT2D eigenvalue weighted by Gasteiger charge is -2.24. The molecule has 4 aromatic rings. The molecule has 4 aromatic carbocycles. The quantitative estimate of drug-likeness (QED) is 0.337. The van der Waals surface area contributed by atoms with Gasteiger partial charge in [-0.2, -0.15) is 4.31 Å². The first kappa shape index (κ1) is 22.3. The van der Waals surface area contributed by atoms with Gasteiger partial charge in [0.1, 0.15) is 0 Å². The number of nitrogens with zero attached hydrogens (tertiary/aromatic N) is 2. The molecule has 0 N–H and O–H groups in total. The van der Waals surface area contributed by atoms with Crippen molar-refractivity contribution in [2.75, 3.05) is 11.4 Å². The van der Waals surface area contributed by atoms with Crippen LogP contribution in [0.2, 0.25) is 0 Å². The lowest BCUT2D eigenvalue weighted by Crippen LogP contribution is -2.30. The van der Waals surface area contributed by atoms with E-state index in [-0.39, 0.29) is 23.9 Å². The van der Waals surface area contributed by atoms with Crippen LogP contribution in [-0.2, 0) is 23.1 Å². The van der Waals surface area contributed by atoms with Crippen LogP contribution in [0.1, 0.15) is 34.8 Å². The fraction of sp³-hybridized carbons (Fsp3) is 0.179. The zero-order valence-electron chi connectivity index (χ0n) is 19.0. The summed E-state index contributed by atoms with van der Waals surface area (Å²) in [5.41, 5.74) is 3.18. The van der Waals surface area contributed by atoms with Crippen molar-refractivity contribution >= 4 is 32.4 Å². The monoisotopic (exact) mass is 470 g/mol. The Hall–Kier alpha value is -3.48. The maximum atomic E-state index is 14.1. The molecule has 0 radical (unpaired) electrons. The zero-order valence-corrected chi connectivity index (χ0v) is 19.8. The van der Waals surface area contributed by atoms with Crippen LogP contribution in [0.4, 0.5) is 5.69 Å². The van der Waals surface area contributed by atoms with Crippen molar-refractivity contribution in [3.05, 3.63) is 108 Å². The highest BCUT2D eigenvalue weighted by molar-refractivity contribution is 7.89. The van der Waals surface area contributed by atoms with E-state index in [0.29, 0.717) is 17.5 Å². The largest absolute Gasteiger partial charge is 0.308 e. The highest BCUT2D eigenvalue weighted by atomic mass is 32.2. The third kappa shape index (κ3) is 3.89. The molecular weight excluding hydrogens is 444 g/mol. The number of rotatable bonds is 8. The normalized spacial score (nSPS) is 13.2. The molecule has 5 rings (SSSR count). The summed E-state index contributed by atoms with van der Waals surface area (Å²) in [5.74, 6) is -0.0672. The van der Waals surface area contributed by atoms with Crippen LogP contribution in [0.5, 0.6) is 0 Å². The van der Waals surface area contributed by atoms with Gasteiger partial charge in [-0.25, -0.2) is 8.42 Å². The van der Waals surface area contributed by atoms with Crippen LogP contribution in [0.25, 0.3) is 10.8 Å². The molecule has 1 aliphatic rings. The van der Waals surface area contributed by atoms with Gasteiger partial charge in [0.15, 0.2) is 0 Å². The minimum absolute atomic E-state index is 0.0672. The number of sulfonamides is 1. The Morgan fingerprint density at radius 1 is 0.765 bits per heavy atom. The van der Waals surface area contributed by atoms with Gasteiger partial charge >= 0.3 is 0 Å². The molecular formula is C28H26N2O3S. The molecule has 34 heavy (non-hydrogen) atoms. The SMILES string of the molecule is CCCN1C(=O)c2cccc3c(S(=O)(=O)N(Cc4ccccc4)Cc4ccccc4)ccc1c23. The van der Waals surface area contributed by atoms with Crippen molar-refractivity contribution in [3.63, 3.8) is 0 Å². The van der Waals surface area contributed by atoms with E-state index in [1.54, 1.807) is 35.2 Å². The van der Waals surface area contributed by atoms with E-state index in [1.807, 2.05) is 67.6 Å². The van der Waals surface area contributed by atoms with E-state index >= 15 is 0 Å². The summed E-state index contributed by atoms with van der Waals surface area (Å²) in [6.45, 7) is 3.13. The second-order valence-corrected chi connectivity index (χ2v) is 10.4. The van der Waals surface area contributed by atoms with Gasteiger partial charge in [0.25, 0.3) is 5.91 Å². The summed E-state index contributed by atoms with van der Waals surface area (Å²) < 4.78 is 29.7. The summed E-state index contributed by atoms with van der Waals surface area (Å²) in [6.07, 6.45) is 0.823. The van der Waals surface area contributed by atoms with Gasteiger partial charge in [-0.05, 0) is 35.7 Å². The fourth-order valence-corrected chi connectivity index (χ4v) is 6.23. The van der Waals surface area contributed by atoms with Gasteiger partial charge in [-0.15, -0.1) is 0 Å². The minimum Gasteiger partial charge on any atom is -0.308 e. The molecule has 172 valence electrons. The van der Waals surface area contributed by atoms with Gasteiger partial charge in [0, 0.05) is 36.0 Å². The van der Waals surface area contributed by atoms with Gasteiger partial charge in [-0.1, -0.05) is 79.7 Å². The molecule has 5 nitrogen and oxygen atoms in total. The lowest BCUT2D eigenvalue weighted by molar-refractivity contribution is 0.0993. The number of hydrogen-bond donors (Lipinski definition) is 0. The zero-order chi connectivity index (χ0) is 23.7. The molecule has 0 saturated heterocycles. The van der Waals surface area contributed by atoms with E-state index in [0.717, 1.165) is 28.6 Å². The Morgan fingerprint density at radius 2 is 1.38 bits per heavy atom. The van der Waals surface area contributed by atoms with Crippen molar-refractivity contribution in [2.45, 2.75) is 31.3 Å². The molecule has 0 unspecified atom stereocenters.